The number of hydrogen-bond acceptors (Lipinski definition) is 27. The van der Waals surface area contributed by atoms with E-state index in [4.69, 9.17) is 26.7 Å². The summed E-state index contributed by atoms with van der Waals surface area (Å²) in [4.78, 5) is 316. The normalized spacial score (nSPS) is 14.8. The van der Waals surface area contributed by atoms with Gasteiger partial charge in [0.25, 0.3) is 0 Å². The van der Waals surface area contributed by atoms with Crippen LogP contribution >= 0.6 is 0 Å². The molecule has 1 aliphatic heterocycles. The second-order valence-corrected chi connectivity index (χ2v) is 31.5. The number of Topliss-reactive ketones (excluding diaryl/α,β-unsaturated/α-hetero) is 1. The number of ether oxygens (including phenoxy) is 1. The van der Waals surface area contributed by atoms with Crippen LogP contribution in [0.4, 0.5) is 0 Å². The number of likely N-dealkylation sites (tertiary alicyclic amines) is 1. The fraction of sp³-hybridized carbons (Fsp3) is 0.613. The van der Waals surface area contributed by atoms with Crippen LogP contribution < -0.4 is 85.9 Å². The number of guanidine groups is 1. The third-order valence-electron chi connectivity index (χ3n) is 19.7. The molecule has 132 heavy (non-hydrogen) atoms. The maximum atomic E-state index is 14.5. The Hall–Kier alpha value is -14.1. The van der Waals surface area contributed by atoms with Crippen molar-refractivity contribution in [3.63, 3.8) is 0 Å². The fourth-order valence-corrected chi connectivity index (χ4v) is 12.9. The molecule has 1 heterocycles. The smallest absolute Gasteiger partial charge is 0.303 e. The summed E-state index contributed by atoms with van der Waals surface area (Å²) in [6, 6.07) is -18.1. The summed E-state index contributed by atoms with van der Waals surface area (Å²) in [5, 5.41) is 126. The van der Waals surface area contributed by atoms with Gasteiger partial charge < -0.3 is 141 Å². The average Bonchev–Trinajstić information content (AvgIpc) is 1.66. The van der Waals surface area contributed by atoms with Gasteiger partial charge in [-0.25, -0.2) is 0 Å². The maximum Gasteiger partial charge on any atom is 0.303 e. The number of amides is 14. The molecule has 0 bridgehead atoms. The molecule has 0 aliphatic carbocycles. The molecule has 0 unspecified atom stereocenters. The van der Waals surface area contributed by atoms with Crippen LogP contribution in [-0.4, -0.2) is 316 Å². The highest BCUT2D eigenvalue weighted by Crippen LogP contribution is 2.22. The maximum absolute atomic E-state index is 14.5. The van der Waals surface area contributed by atoms with Gasteiger partial charge in [-0.2, -0.15) is 0 Å². The number of nitrogens with zero attached hydrogens (tertiary/aromatic N) is 1. The van der Waals surface area contributed by atoms with Gasteiger partial charge in [-0.15, -0.1) is 0 Å². The van der Waals surface area contributed by atoms with Gasteiger partial charge in [-0.3, -0.25) is 120 Å². The van der Waals surface area contributed by atoms with Crippen LogP contribution in [0, 0.1) is 11.3 Å². The number of carbonyl (C=O) groups is 24. The zero-order valence-electron chi connectivity index (χ0n) is 73.3. The second-order valence-electron chi connectivity index (χ2n) is 31.5. The lowest BCUT2D eigenvalue weighted by molar-refractivity contribution is -0.142. The summed E-state index contributed by atoms with van der Waals surface area (Å²) in [6.07, 6.45) is -15.5. The molecule has 0 radical (unpaired) electrons. The molecule has 14 amide bonds. The zero-order chi connectivity index (χ0) is 99.8. The van der Waals surface area contributed by atoms with Crippen molar-refractivity contribution in [2.45, 2.75) is 273 Å². The average molecular weight is 1880 g/mol. The number of aliphatic carboxylic acids is 9. The van der Waals surface area contributed by atoms with E-state index in [1.165, 1.54) is 36.1 Å². The molecule has 1 aromatic carbocycles. The molecule has 0 saturated carbocycles. The largest absolute Gasteiger partial charge is 0.481 e. The zero-order valence-corrected chi connectivity index (χ0v) is 73.3. The highest BCUT2D eigenvalue weighted by atomic mass is 16.5. The third-order valence-corrected chi connectivity index (χ3v) is 19.7. The van der Waals surface area contributed by atoms with Gasteiger partial charge in [0.1, 0.15) is 79.1 Å². The molecule has 0 spiro atoms. The van der Waals surface area contributed by atoms with Crippen molar-refractivity contribution >= 4 is 148 Å². The van der Waals surface area contributed by atoms with E-state index in [-0.39, 0.29) is 73.6 Å². The molecule has 52 heteroatoms. The fourth-order valence-electron chi connectivity index (χ4n) is 12.9. The number of ketones is 1. The lowest BCUT2D eigenvalue weighted by atomic mass is 10.0. The van der Waals surface area contributed by atoms with Crippen molar-refractivity contribution in [2.75, 3.05) is 32.8 Å². The highest BCUT2D eigenvalue weighted by Gasteiger charge is 2.42. The van der Waals surface area contributed by atoms with Crippen LogP contribution in [0.2, 0.25) is 0 Å². The first-order valence-electron chi connectivity index (χ1n) is 42.1. The molecular formula is C80H120N18O34. The number of benzene rings is 1. The highest BCUT2D eigenvalue weighted by molar-refractivity contribution is 6.01. The molecular weight excluding hydrogens is 1760 g/mol. The molecule has 52 nitrogen and oxygen atoms in total. The van der Waals surface area contributed by atoms with E-state index in [1.54, 1.807) is 13.8 Å². The van der Waals surface area contributed by atoms with Gasteiger partial charge in [0.15, 0.2) is 11.7 Å². The summed E-state index contributed by atoms with van der Waals surface area (Å²) in [5.41, 5.74) is 11.7. The van der Waals surface area contributed by atoms with Crippen molar-refractivity contribution in [1.82, 2.24) is 79.3 Å². The van der Waals surface area contributed by atoms with Crippen molar-refractivity contribution in [3.8, 4) is 0 Å². The van der Waals surface area contributed by atoms with Crippen molar-refractivity contribution in [1.29, 1.82) is 5.41 Å². The molecule has 734 valence electrons. The predicted octanol–water partition coefficient (Wildman–Crippen LogP) is -6.17. The Labute approximate surface area is 754 Å². The van der Waals surface area contributed by atoms with Crippen LogP contribution in [0.5, 0.6) is 0 Å². The quantitative estimate of drug-likeness (QED) is 0.0125. The molecule has 1 aromatic rings. The number of carboxylic acids is 9. The van der Waals surface area contributed by atoms with Crippen LogP contribution in [0.15, 0.2) is 24.3 Å². The predicted molar refractivity (Wildman–Crippen MR) is 452 cm³/mol. The van der Waals surface area contributed by atoms with E-state index >= 15 is 0 Å². The first-order chi connectivity index (χ1) is 61.9. The van der Waals surface area contributed by atoms with Crippen molar-refractivity contribution < 1.29 is 166 Å². The first-order valence-corrected chi connectivity index (χ1v) is 42.1. The SMILES string of the molecule is CC(=O)c1ccc(C[C@H](NC(=O)[C@@H](CCC(=O)O)NC(=O)[C@@H](CCC(=O)O)NC(=O)[C@@H](CCC(=O)O)NC(=O)[C@@H](CCC(=O)O)NC(=O)[C@@H](CCC(=O)O)NC(=O)[C@@H](CCC(=O)O)NC(=O)[C@@H](CCC(=O)O)NC(=O)[C@@H](CCC(=O)O)NC(=O)[C@H](N)CCC(=O)O)C(=O)NCCOCC(=O)N[C@@H](CCCNC(=N)N)C(=O)N2CCC[C@H]2C(=O)N[C@@H](CC(C)C)C(=O)NC(C)C)cc1. The number of nitrogens with two attached hydrogens (primary N) is 2. The minimum atomic E-state index is -2.22. The van der Waals surface area contributed by atoms with Crippen molar-refractivity contribution in [2.24, 2.45) is 17.4 Å². The number of hydrogen-bond donors (Lipinski definition) is 26. The van der Waals surface area contributed by atoms with Gasteiger partial charge >= 0.3 is 53.7 Å². The Kier molecular flexibility index (Phi) is 51.1. The Morgan fingerprint density at radius 1 is 0.394 bits per heavy atom. The second kappa shape index (κ2) is 59.2. The Morgan fingerprint density at radius 2 is 0.720 bits per heavy atom. The van der Waals surface area contributed by atoms with E-state index in [1.807, 2.05) is 13.8 Å². The summed E-state index contributed by atoms with van der Waals surface area (Å²) in [7, 11) is 0. The summed E-state index contributed by atoms with van der Waals surface area (Å²) in [6.45, 7) is 7.11. The molecule has 1 saturated heterocycles. The summed E-state index contributed by atoms with van der Waals surface area (Å²) >= 11 is 0. The van der Waals surface area contributed by atoms with Crippen molar-refractivity contribution in [3.05, 3.63) is 35.4 Å². The topological polar surface area (TPSA) is 849 Å². The Bertz CT molecular complexity index is 4280. The van der Waals surface area contributed by atoms with E-state index in [0.717, 1.165) is 0 Å². The number of carbonyl (C=O) groups excluding carboxylic acids is 15. The minimum absolute atomic E-state index is 0.0142. The third kappa shape index (κ3) is 46.2. The summed E-state index contributed by atoms with van der Waals surface area (Å²) < 4.78 is 5.56. The van der Waals surface area contributed by atoms with E-state index in [9.17, 15) is 156 Å². The van der Waals surface area contributed by atoms with Crippen LogP contribution in [0.25, 0.3) is 0 Å². The monoisotopic (exact) mass is 1880 g/mol. The lowest BCUT2D eigenvalue weighted by Crippen LogP contribution is -2.60. The van der Waals surface area contributed by atoms with Crippen LogP contribution in [-0.2, 0) is 121 Å². The molecule has 1 aliphatic rings. The molecule has 13 atom stereocenters. The van der Waals surface area contributed by atoms with Gasteiger partial charge in [0.2, 0.25) is 82.7 Å². The Morgan fingerprint density at radius 3 is 1.04 bits per heavy atom. The van der Waals surface area contributed by atoms with Gasteiger partial charge in [-0.1, -0.05) is 38.1 Å². The van der Waals surface area contributed by atoms with Gasteiger partial charge in [0, 0.05) is 95.4 Å². The number of carboxylic acid groups (broad SMARTS) is 9. The van der Waals surface area contributed by atoms with E-state index in [0.29, 0.717) is 6.42 Å². The van der Waals surface area contributed by atoms with Crippen LogP contribution in [0.3, 0.4) is 0 Å². The number of rotatable bonds is 66. The summed E-state index contributed by atoms with van der Waals surface area (Å²) in [5.74, 6) is -31.7. The molecule has 0 aromatic heterocycles. The van der Waals surface area contributed by atoms with Gasteiger partial charge in [-0.05, 0) is 122 Å². The lowest BCUT2D eigenvalue weighted by Gasteiger charge is -2.30. The van der Waals surface area contributed by atoms with Crippen LogP contribution in [0.1, 0.15) is 198 Å². The molecule has 1 fully saturated rings. The molecule has 28 N–H and O–H groups in total. The Balaban J connectivity index is 2.58. The molecule has 2 rings (SSSR count). The first kappa shape index (κ1) is 114. The van der Waals surface area contributed by atoms with Gasteiger partial charge in [0.05, 0.1) is 12.6 Å². The standard InChI is InChI=1S/C80H120N18O34/c1-39(2)36-54(77(129)86-40(3)4)97-78(130)56-9-7-34-98(56)79(131)53(8-6-32-85-80(82)83)87-57(100)38-132-35-33-84-68(120)55(37-42-10-12-43(13-11-42)41(5)99)96-76(128)52(22-31-66(117)118)95-75(127)51(21-30-65(115)116)94-74(126)50(20-29-64(113)114)93-73(125)49(19-28-63(111)112)92-72(124)48(18-27-62(109)110)91-71(123)47(17-26-61(107)108)90-70(122)46(16-25-60(105)106)89-69(121)45(15-24-59(103)104)88-67(119)44(81)14-23-58(101)102/h10-13,39-40,44-56H,6-9,14-38,81H2,1-5H3,(H,84,120)(H,86,129)(H,87,100)(H,88,119)(H,89,121)(H,90,122)(H,91,123)(H,92,124)(H,93,125)(H,94,126)(H,95,127)(H,96,128)(H,97,130)(H,101,102)(H,103,104)(H,105,106)(H,107,108)(H,109,110)(H,111,112)(H,113,114)(H,115,116)(H,117,118)(H4,82,83,85)/t44-,45-,46-,47-,48-,49-,50-,51-,52-,53+,54+,55+,56+/m1/s1. The minimum Gasteiger partial charge on any atom is -0.481 e. The van der Waals surface area contributed by atoms with E-state index in [2.05, 4.69) is 74.4 Å². The number of nitrogens with one attached hydrogen (secondary N) is 15. The van der Waals surface area contributed by atoms with E-state index < -0.39 is 357 Å².